The molecule has 4 rings (SSSR count). The minimum Gasteiger partial charge on any atom is -0.193 e. The Morgan fingerprint density at radius 2 is 1.70 bits per heavy atom. The fourth-order valence-electron chi connectivity index (χ4n) is 7.95. The largest absolute Gasteiger partial charge is 0.193 e. The van der Waals surface area contributed by atoms with Gasteiger partial charge in [0.1, 0.15) is 0 Å². The van der Waals surface area contributed by atoms with Crippen LogP contribution in [0.15, 0.2) is 12.2 Å². The minimum atomic E-state index is 0.367. The standard InChI is InChI=1S/C22H33N/c1-15(14-23)18-9-10-19-17-8-7-16-6-4-5-12-21(16,2)20(17)11-13-22(18,19)3/h16-20H,1,4-13H2,2-3H3/t16?,17-,18+,19-,20-,21-,22+/m0/s1. The Hall–Kier alpha value is -0.770. The maximum absolute atomic E-state index is 9.38. The van der Waals surface area contributed by atoms with Crippen LogP contribution in [0.1, 0.15) is 78.1 Å². The van der Waals surface area contributed by atoms with Crippen LogP contribution >= 0.6 is 0 Å². The molecule has 1 unspecified atom stereocenters. The summed E-state index contributed by atoms with van der Waals surface area (Å²) < 4.78 is 0. The van der Waals surface area contributed by atoms with Gasteiger partial charge in [-0.15, -0.1) is 0 Å². The van der Waals surface area contributed by atoms with Crippen LogP contribution in [0.2, 0.25) is 0 Å². The van der Waals surface area contributed by atoms with Gasteiger partial charge in [0, 0.05) is 5.57 Å². The van der Waals surface area contributed by atoms with Crippen molar-refractivity contribution in [2.45, 2.75) is 78.1 Å². The molecule has 0 aromatic rings. The van der Waals surface area contributed by atoms with Gasteiger partial charge in [0.25, 0.3) is 0 Å². The van der Waals surface area contributed by atoms with Crippen LogP contribution in [0, 0.1) is 51.8 Å². The van der Waals surface area contributed by atoms with E-state index < -0.39 is 0 Å². The normalized spacial score (nSPS) is 52.0. The van der Waals surface area contributed by atoms with Gasteiger partial charge in [0.15, 0.2) is 0 Å². The van der Waals surface area contributed by atoms with Gasteiger partial charge in [0.05, 0.1) is 6.07 Å². The first-order valence-corrected chi connectivity index (χ1v) is 10.1. The zero-order valence-electron chi connectivity index (χ0n) is 15.1. The molecule has 0 aromatic carbocycles. The molecule has 4 aliphatic rings. The average molecular weight is 312 g/mol. The van der Waals surface area contributed by atoms with Crippen LogP contribution in [0.5, 0.6) is 0 Å². The number of hydrogen-bond donors (Lipinski definition) is 0. The van der Waals surface area contributed by atoms with Crippen molar-refractivity contribution in [2.75, 3.05) is 0 Å². The minimum absolute atomic E-state index is 0.367. The van der Waals surface area contributed by atoms with E-state index in [0.29, 0.717) is 16.7 Å². The maximum Gasteiger partial charge on any atom is 0.0944 e. The molecule has 126 valence electrons. The van der Waals surface area contributed by atoms with Crippen LogP contribution in [0.4, 0.5) is 0 Å². The van der Waals surface area contributed by atoms with Gasteiger partial charge < -0.3 is 0 Å². The zero-order chi connectivity index (χ0) is 16.2. The monoisotopic (exact) mass is 311 g/mol. The molecular formula is C22H33N. The summed E-state index contributed by atoms with van der Waals surface area (Å²) in [5, 5.41) is 9.38. The topological polar surface area (TPSA) is 23.8 Å². The third-order valence-electron chi connectivity index (χ3n) is 9.15. The number of fused-ring (bicyclic) bond motifs is 5. The molecule has 23 heavy (non-hydrogen) atoms. The molecule has 4 saturated carbocycles. The lowest BCUT2D eigenvalue weighted by Gasteiger charge is -2.60. The van der Waals surface area contributed by atoms with Crippen molar-refractivity contribution in [3.05, 3.63) is 12.2 Å². The van der Waals surface area contributed by atoms with Crippen LogP contribution in [0.25, 0.3) is 0 Å². The molecule has 0 amide bonds. The van der Waals surface area contributed by atoms with E-state index in [0.717, 1.165) is 29.2 Å². The highest BCUT2D eigenvalue weighted by Crippen LogP contribution is 2.68. The highest BCUT2D eigenvalue weighted by Gasteiger charge is 2.59. The van der Waals surface area contributed by atoms with E-state index in [1.54, 1.807) is 0 Å². The molecule has 0 radical (unpaired) electrons. The number of allylic oxidation sites excluding steroid dienone is 1. The number of nitrogens with zero attached hydrogens (tertiary/aromatic N) is 1. The summed E-state index contributed by atoms with van der Waals surface area (Å²) in [5.74, 6) is 4.23. The first kappa shape index (κ1) is 15.7. The van der Waals surface area contributed by atoms with Crippen LogP contribution in [-0.2, 0) is 0 Å². The summed E-state index contributed by atoms with van der Waals surface area (Å²) in [7, 11) is 0. The molecule has 4 fully saturated rings. The van der Waals surface area contributed by atoms with Gasteiger partial charge in [-0.1, -0.05) is 33.3 Å². The van der Waals surface area contributed by atoms with E-state index in [2.05, 4.69) is 26.5 Å². The molecule has 4 aliphatic carbocycles. The highest BCUT2D eigenvalue weighted by molar-refractivity contribution is 5.26. The quantitative estimate of drug-likeness (QED) is 0.535. The van der Waals surface area contributed by atoms with Crippen molar-refractivity contribution in [3.63, 3.8) is 0 Å². The lowest BCUT2D eigenvalue weighted by atomic mass is 9.44. The second-order valence-corrected chi connectivity index (χ2v) is 9.71. The first-order chi connectivity index (χ1) is 11.0. The summed E-state index contributed by atoms with van der Waals surface area (Å²) in [4.78, 5) is 0. The average Bonchev–Trinajstić information content (AvgIpc) is 2.91. The van der Waals surface area contributed by atoms with Gasteiger partial charge in [-0.25, -0.2) is 0 Å². The van der Waals surface area contributed by atoms with Crippen LogP contribution in [-0.4, -0.2) is 0 Å². The van der Waals surface area contributed by atoms with Gasteiger partial charge in [-0.3, -0.25) is 0 Å². The summed E-state index contributed by atoms with van der Waals surface area (Å²) in [6.07, 6.45) is 14.2. The van der Waals surface area contributed by atoms with E-state index in [4.69, 9.17) is 0 Å². The van der Waals surface area contributed by atoms with E-state index in [-0.39, 0.29) is 0 Å². The Balaban J connectivity index is 1.63. The first-order valence-electron chi connectivity index (χ1n) is 10.1. The number of hydrogen-bond acceptors (Lipinski definition) is 1. The Morgan fingerprint density at radius 3 is 2.48 bits per heavy atom. The van der Waals surface area contributed by atoms with Gasteiger partial charge >= 0.3 is 0 Å². The Labute approximate surface area is 142 Å². The second-order valence-electron chi connectivity index (χ2n) is 9.71. The number of rotatable bonds is 1. The SMILES string of the molecule is C=C(C#N)[C@H]1CC[C@H]2[C@@H]3CCC4CCCC[C@]4(C)[C@H]3CC[C@]12C. The predicted octanol–water partition coefficient (Wildman–Crippen LogP) is 6.12. The molecule has 1 nitrogen and oxygen atoms in total. The third kappa shape index (κ3) is 2.09. The Kier molecular flexibility index (Phi) is 3.67. The molecule has 1 heteroatoms. The molecule has 0 heterocycles. The number of nitriles is 1. The lowest BCUT2D eigenvalue weighted by molar-refractivity contribution is -0.108. The lowest BCUT2D eigenvalue weighted by Crippen LogP contribution is -2.52. The Bertz CT molecular complexity index is 543. The molecule has 0 bridgehead atoms. The van der Waals surface area contributed by atoms with Gasteiger partial charge in [0.2, 0.25) is 0 Å². The fourth-order valence-corrected chi connectivity index (χ4v) is 7.95. The van der Waals surface area contributed by atoms with Crippen molar-refractivity contribution in [1.29, 1.82) is 5.26 Å². The van der Waals surface area contributed by atoms with Gasteiger partial charge in [-0.2, -0.15) is 5.26 Å². The smallest absolute Gasteiger partial charge is 0.0944 e. The van der Waals surface area contributed by atoms with Crippen molar-refractivity contribution < 1.29 is 0 Å². The van der Waals surface area contributed by atoms with Crippen LogP contribution in [0.3, 0.4) is 0 Å². The second kappa shape index (κ2) is 5.37. The van der Waals surface area contributed by atoms with E-state index in [1.807, 2.05) is 0 Å². The molecule has 0 N–H and O–H groups in total. The summed E-state index contributed by atoms with van der Waals surface area (Å²) in [6, 6.07) is 2.40. The summed E-state index contributed by atoms with van der Waals surface area (Å²) in [6.45, 7) is 9.27. The van der Waals surface area contributed by atoms with E-state index in [9.17, 15) is 5.26 Å². The zero-order valence-corrected chi connectivity index (χ0v) is 15.1. The van der Waals surface area contributed by atoms with E-state index >= 15 is 0 Å². The molecule has 0 saturated heterocycles. The summed E-state index contributed by atoms with van der Waals surface area (Å²) >= 11 is 0. The fraction of sp³-hybridized carbons (Fsp3) is 0.864. The molecule has 0 aliphatic heterocycles. The molecule has 0 aromatic heterocycles. The van der Waals surface area contributed by atoms with Crippen molar-refractivity contribution in [3.8, 4) is 6.07 Å². The third-order valence-corrected chi connectivity index (χ3v) is 9.15. The predicted molar refractivity (Wildman–Crippen MR) is 94.6 cm³/mol. The maximum atomic E-state index is 9.38. The van der Waals surface area contributed by atoms with Gasteiger partial charge in [-0.05, 0) is 91.8 Å². The van der Waals surface area contributed by atoms with Crippen molar-refractivity contribution in [2.24, 2.45) is 40.4 Å². The van der Waals surface area contributed by atoms with Crippen molar-refractivity contribution in [1.82, 2.24) is 0 Å². The van der Waals surface area contributed by atoms with E-state index in [1.165, 1.54) is 64.2 Å². The van der Waals surface area contributed by atoms with Crippen LogP contribution < -0.4 is 0 Å². The van der Waals surface area contributed by atoms with Crippen molar-refractivity contribution >= 4 is 0 Å². The Morgan fingerprint density at radius 1 is 0.913 bits per heavy atom. The highest BCUT2D eigenvalue weighted by atomic mass is 14.6. The molecular weight excluding hydrogens is 278 g/mol. The summed E-state index contributed by atoms with van der Waals surface area (Å²) in [5.41, 5.74) is 1.87. The molecule has 7 atom stereocenters. The molecule has 0 spiro atoms.